The number of sulfonamides is 2. The number of methoxy groups -OCH3 is 2. The number of nitrogens with two attached hydrogens (primary N) is 3. The summed E-state index contributed by atoms with van der Waals surface area (Å²) in [5.41, 5.74) is 18.7. The molecule has 4 aromatic rings. The van der Waals surface area contributed by atoms with Crippen molar-refractivity contribution in [2.24, 2.45) is 5.73 Å². The second-order valence-corrected chi connectivity index (χ2v) is 19.4. The molecule has 2 aromatic heterocycles. The largest absolute Gasteiger partial charge is 0.497 e. The summed E-state index contributed by atoms with van der Waals surface area (Å²) in [6.07, 6.45) is 8.03. The third-order valence-corrected chi connectivity index (χ3v) is 13.2. The van der Waals surface area contributed by atoms with E-state index < -0.39 is 30.8 Å². The van der Waals surface area contributed by atoms with Crippen LogP contribution >= 0.6 is 0 Å². The van der Waals surface area contributed by atoms with E-state index in [1.807, 2.05) is 0 Å². The fourth-order valence-electron chi connectivity index (χ4n) is 5.95. The van der Waals surface area contributed by atoms with Crippen molar-refractivity contribution < 1.29 is 40.1 Å². The van der Waals surface area contributed by atoms with Crippen LogP contribution in [0.3, 0.4) is 0 Å². The van der Waals surface area contributed by atoms with Gasteiger partial charge in [-0.1, -0.05) is 14.4 Å². The van der Waals surface area contributed by atoms with Crippen LogP contribution in [0.25, 0.3) is 0 Å². The number of nitrogens with zero attached hydrogens (tertiary/aromatic N) is 6. The van der Waals surface area contributed by atoms with Gasteiger partial charge in [-0.15, -0.1) is 0 Å². The van der Waals surface area contributed by atoms with Crippen LogP contribution in [0, 0.1) is 0 Å². The smallest absolute Gasteiger partial charge is 0.224 e. The molecule has 0 amide bonds. The monoisotopic (exact) mass is 904 g/mol. The van der Waals surface area contributed by atoms with Crippen LogP contribution in [0.1, 0.15) is 71.9 Å². The summed E-state index contributed by atoms with van der Waals surface area (Å²) in [7, 11) is -4.33. The average molecular weight is 905 g/mol. The average Bonchev–Trinajstić information content (AvgIpc) is 3.23. The van der Waals surface area contributed by atoms with Crippen LogP contribution < -0.4 is 32.0 Å². The number of ketones is 2. The first kappa shape index (κ1) is 50.2. The number of anilines is 3. The van der Waals surface area contributed by atoms with E-state index in [9.17, 15) is 30.6 Å². The number of hydrogen-bond acceptors (Lipinski definition) is 17. The summed E-state index contributed by atoms with van der Waals surface area (Å²) in [5, 5.41) is 3.30. The molecule has 2 aromatic carbocycles. The maximum absolute atomic E-state index is 12.6. The van der Waals surface area contributed by atoms with E-state index in [1.54, 1.807) is 69.7 Å². The topological polar surface area (TPSA) is 286 Å². The Morgan fingerprint density at radius 3 is 1.52 bits per heavy atom. The molecular formula is C39H56N10O9S3. The number of nitrogens with one attached hydrogen (secondary N) is 1. The molecule has 7 N–H and O–H groups in total. The van der Waals surface area contributed by atoms with Gasteiger partial charge >= 0.3 is 0 Å². The lowest BCUT2D eigenvalue weighted by Crippen LogP contribution is -2.42. The van der Waals surface area contributed by atoms with Gasteiger partial charge in [-0.3, -0.25) is 13.8 Å². The molecule has 0 bridgehead atoms. The Kier molecular flexibility index (Phi) is 18.6. The molecule has 0 spiro atoms. The van der Waals surface area contributed by atoms with Gasteiger partial charge in [0.25, 0.3) is 0 Å². The van der Waals surface area contributed by atoms with Gasteiger partial charge in [0.05, 0.1) is 48.7 Å². The van der Waals surface area contributed by atoms with Crippen molar-refractivity contribution in [3.63, 3.8) is 0 Å². The fraction of sp³-hybridized carbons (Fsp3) is 0.436. The highest BCUT2D eigenvalue weighted by Gasteiger charge is 2.26. The van der Waals surface area contributed by atoms with Gasteiger partial charge in [0.2, 0.25) is 31.2 Å². The number of carbonyl (C=O) groups excluding carboxylic acids is 2. The Morgan fingerprint density at radius 2 is 1.15 bits per heavy atom. The summed E-state index contributed by atoms with van der Waals surface area (Å²) in [4.78, 5) is 41.2. The van der Waals surface area contributed by atoms with Crippen LogP contribution in [-0.2, 0) is 30.8 Å². The molecule has 2 aliphatic rings. The maximum atomic E-state index is 12.6. The lowest BCUT2D eigenvalue weighted by Gasteiger charge is -2.30. The molecule has 0 saturated carbocycles. The molecule has 4 heterocycles. The van der Waals surface area contributed by atoms with E-state index in [-0.39, 0.29) is 59.0 Å². The molecule has 61 heavy (non-hydrogen) atoms. The second kappa shape index (κ2) is 22.6. The second-order valence-electron chi connectivity index (χ2n) is 13.8. The lowest BCUT2D eigenvalue weighted by atomic mass is 10.1. The van der Waals surface area contributed by atoms with E-state index in [2.05, 4.69) is 25.3 Å². The number of nitrogen functional groups attached to an aromatic ring is 2. The first-order valence-electron chi connectivity index (χ1n) is 18.8. The third kappa shape index (κ3) is 14.5. The Labute approximate surface area is 360 Å². The third-order valence-electron chi connectivity index (χ3n) is 9.50. The molecule has 2 aliphatic heterocycles. The van der Waals surface area contributed by atoms with Crippen molar-refractivity contribution >= 4 is 60.0 Å². The summed E-state index contributed by atoms with van der Waals surface area (Å²) < 4.78 is 69.8. The van der Waals surface area contributed by atoms with Gasteiger partial charge in [-0.25, -0.2) is 40.4 Å². The Hall–Kier alpha value is -5.13. The van der Waals surface area contributed by atoms with Crippen molar-refractivity contribution in [3.05, 3.63) is 83.2 Å². The molecule has 0 radical (unpaired) electrons. The highest BCUT2D eigenvalue weighted by molar-refractivity contribution is 7.88. The standard InChI is InChI=1S/C18H23N5O4S.C14H15N3O3S.C6H14N2O2S.CH4/c1-27-14-5-3-12(4-6-14)16(24)15-11-20-18(22-17(15)19)21-13-7-9-23(10-8-13)28(2,25)26;1-3-21(19)14-16-8-11(13(15)17-14)12(18)9-4-6-10(20-2)7-5-9;1-11(9,10)8-4-2-6(7)3-5-8;/h3-6,11,13H,7-10H2,1-2H3,(H3,19,20,21,22);4-8H,3H2,1-2H3,(H2,15,16,17);6H,2-5,7H2,1H3;1H4. The van der Waals surface area contributed by atoms with Crippen molar-refractivity contribution in [3.8, 4) is 11.5 Å². The highest BCUT2D eigenvalue weighted by Crippen LogP contribution is 2.22. The van der Waals surface area contributed by atoms with Crippen LogP contribution in [0.2, 0.25) is 0 Å². The number of carbonyl (C=O) groups is 2. The first-order valence-corrected chi connectivity index (χ1v) is 23.8. The number of piperidine rings is 2. The maximum Gasteiger partial charge on any atom is 0.224 e. The molecule has 2 saturated heterocycles. The van der Waals surface area contributed by atoms with E-state index in [1.165, 1.54) is 33.5 Å². The summed E-state index contributed by atoms with van der Waals surface area (Å²) >= 11 is 0. The van der Waals surface area contributed by atoms with E-state index in [0.717, 1.165) is 12.8 Å². The molecule has 22 heteroatoms. The SMILES string of the molecule is C.CCS(=O)c1ncc(C(=O)c2ccc(OC)cc2)c(N)n1.COc1ccc(C(=O)c2cnc(NC3CCN(S(C)(=O)=O)CC3)nc2N)cc1.CS(=O)(=O)N1CCC(N)CC1. The van der Waals surface area contributed by atoms with E-state index in [4.69, 9.17) is 26.7 Å². The molecule has 19 nitrogen and oxygen atoms in total. The molecule has 6 rings (SSSR count). The van der Waals surface area contributed by atoms with Crippen molar-refractivity contribution in [1.82, 2.24) is 28.5 Å². The number of rotatable bonds is 12. The molecule has 1 atom stereocenters. The minimum atomic E-state index is -3.17. The Morgan fingerprint density at radius 1 is 0.738 bits per heavy atom. The van der Waals surface area contributed by atoms with Crippen molar-refractivity contribution in [2.45, 2.75) is 57.3 Å². The quantitative estimate of drug-likeness (QED) is 0.117. The number of ether oxygens (including phenoxy) is 2. The van der Waals surface area contributed by atoms with Crippen LogP contribution in [-0.4, -0.2) is 132 Å². The lowest BCUT2D eigenvalue weighted by molar-refractivity contribution is 0.103. The predicted molar refractivity (Wildman–Crippen MR) is 236 cm³/mol. The fourth-order valence-corrected chi connectivity index (χ4v) is 8.33. The highest BCUT2D eigenvalue weighted by atomic mass is 32.2. The zero-order valence-electron chi connectivity index (χ0n) is 34.1. The molecule has 0 aliphatic carbocycles. The number of aromatic nitrogens is 4. The van der Waals surface area contributed by atoms with Crippen molar-refractivity contribution in [1.29, 1.82) is 0 Å². The van der Waals surface area contributed by atoms with Gasteiger partial charge < -0.3 is 32.0 Å². The Bertz CT molecular complexity index is 2340. The predicted octanol–water partition coefficient (Wildman–Crippen LogP) is 2.57. The molecule has 334 valence electrons. The normalized spacial score (nSPS) is 15.7. The van der Waals surface area contributed by atoms with Crippen molar-refractivity contribution in [2.75, 3.05) is 75.4 Å². The summed E-state index contributed by atoms with van der Waals surface area (Å²) in [6.45, 7) is 3.81. The number of hydrogen-bond donors (Lipinski definition) is 4. The molecule has 2 fully saturated rings. The molecular weight excluding hydrogens is 849 g/mol. The van der Waals surface area contributed by atoms with Gasteiger partial charge in [0.1, 0.15) is 23.1 Å². The van der Waals surface area contributed by atoms with Gasteiger partial charge in [-0.05, 0) is 74.2 Å². The zero-order valence-corrected chi connectivity index (χ0v) is 36.6. The minimum absolute atomic E-state index is 0. The van der Waals surface area contributed by atoms with Gasteiger partial charge in [-0.2, -0.15) is 4.98 Å². The van der Waals surface area contributed by atoms with Gasteiger partial charge in [0.15, 0.2) is 11.6 Å². The summed E-state index contributed by atoms with van der Waals surface area (Å²) in [5.74, 6) is 1.59. The van der Waals surface area contributed by atoms with E-state index in [0.29, 0.717) is 73.3 Å². The van der Waals surface area contributed by atoms with Crippen LogP contribution in [0.5, 0.6) is 11.5 Å². The van der Waals surface area contributed by atoms with Crippen LogP contribution in [0.4, 0.5) is 17.6 Å². The van der Waals surface area contributed by atoms with Crippen LogP contribution in [0.15, 0.2) is 66.1 Å². The zero-order chi connectivity index (χ0) is 44.2. The Balaban J connectivity index is 0.000000264. The number of benzene rings is 2. The molecule has 1 unspecified atom stereocenters. The van der Waals surface area contributed by atoms with Gasteiger partial charge in [0, 0.05) is 67.5 Å². The minimum Gasteiger partial charge on any atom is -0.497 e. The van der Waals surface area contributed by atoms with E-state index >= 15 is 0 Å². The first-order chi connectivity index (χ1) is 28.3. The summed E-state index contributed by atoms with van der Waals surface area (Å²) in [6, 6.07) is 13.6.